The van der Waals surface area contributed by atoms with Gasteiger partial charge in [0.15, 0.2) is 0 Å². The molecule has 0 aliphatic heterocycles. The molecule has 4 nitrogen and oxygen atoms in total. The van der Waals surface area contributed by atoms with Gasteiger partial charge in [-0.15, -0.1) is 0 Å². The van der Waals surface area contributed by atoms with Gasteiger partial charge in [0.05, 0.1) is 40.2 Å². The van der Waals surface area contributed by atoms with Crippen molar-refractivity contribution in [2.24, 2.45) is 0 Å². The summed E-state index contributed by atoms with van der Waals surface area (Å²) in [5.41, 5.74) is 4.91. The first kappa shape index (κ1) is 18.9. The summed E-state index contributed by atoms with van der Waals surface area (Å²) in [6, 6.07) is 15.6. The van der Waals surface area contributed by atoms with Crippen LogP contribution in [0.15, 0.2) is 64.1 Å². The Morgan fingerprint density at radius 2 is 1.90 bits per heavy atom. The van der Waals surface area contributed by atoms with Gasteiger partial charge in [0, 0.05) is 26.4 Å². The van der Waals surface area contributed by atoms with E-state index >= 15 is 0 Å². The van der Waals surface area contributed by atoms with Gasteiger partial charge in [-0.2, -0.15) is 10.5 Å². The highest BCUT2D eigenvalue weighted by molar-refractivity contribution is 9.10. The Balaban J connectivity index is 1.83. The normalized spacial score (nSPS) is 21.0. The molecule has 5 rings (SSSR count). The van der Waals surface area contributed by atoms with Crippen molar-refractivity contribution in [3.63, 3.8) is 0 Å². The Hall–Kier alpha value is -3.12. The van der Waals surface area contributed by atoms with Crippen LogP contribution >= 0.6 is 27.5 Å². The predicted molar refractivity (Wildman–Crippen MR) is 120 cm³/mol. The molecule has 2 aliphatic carbocycles. The van der Waals surface area contributed by atoms with Crippen LogP contribution in [-0.2, 0) is 5.41 Å². The van der Waals surface area contributed by atoms with Crippen LogP contribution in [0.4, 0.5) is 0 Å². The first-order valence-electron chi connectivity index (χ1n) is 9.36. The number of rotatable bonds is 1. The molecule has 2 aromatic carbocycles. The number of nitriles is 2. The molecule has 144 valence electrons. The fourth-order valence-corrected chi connectivity index (χ4v) is 5.04. The molecule has 1 N–H and O–H groups in total. The van der Waals surface area contributed by atoms with Crippen molar-refractivity contribution in [1.29, 1.82) is 10.5 Å². The van der Waals surface area contributed by atoms with Crippen LogP contribution in [0.25, 0.3) is 22.6 Å². The molecule has 30 heavy (non-hydrogen) atoms. The third-order valence-corrected chi connectivity index (χ3v) is 6.69. The van der Waals surface area contributed by atoms with Gasteiger partial charge in [0.1, 0.15) is 5.82 Å². The second-order valence-corrected chi connectivity index (χ2v) is 8.99. The van der Waals surface area contributed by atoms with E-state index in [1.807, 2.05) is 18.2 Å². The molecule has 2 aliphatic rings. The van der Waals surface area contributed by atoms with Gasteiger partial charge in [0.25, 0.3) is 0 Å². The summed E-state index contributed by atoms with van der Waals surface area (Å²) < 4.78 is 0.989. The number of nitrogens with one attached hydrogen (secondary N) is 1. The average molecular weight is 474 g/mol. The number of aromatic amines is 1. The minimum Gasteiger partial charge on any atom is -0.340 e. The van der Waals surface area contributed by atoms with E-state index in [0.717, 1.165) is 27.0 Å². The molecule has 6 heteroatoms. The largest absolute Gasteiger partial charge is 0.340 e. The van der Waals surface area contributed by atoms with Crippen LogP contribution < -0.4 is 0 Å². The van der Waals surface area contributed by atoms with Gasteiger partial charge in [-0.1, -0.05) is 51.8 Å². The van der Waals surface area contributed by atoms with E-state index in [2.05, 4.69) is 58.2 Å². The van der Waals surface area contributed by atoms with Gasteiger partial charge < -0.3 is 4.98 Å². The lowest BCUT2D eigenvalue weighted by Gasteiger charge is -2.40. The molecule has 0 amide bonds. The van der Waals surface area contributed by atoms with E-state index in [0.29, 0.717) is 27.5 Å². The third kappa shape index (κ3) is 2.60. The molecular weight excluding hydrogens is 460 g/mol. The van der Waals surface area contributed by atoms with Gasteiger partial charge >= 0.3 is 0 Å². The molecular formula is C24H14BrClN4. The molecule has 0 saturated carbocycles. The number of aromatic nitrogens is 2. The van der Waals surface area contributed by atoms with Crippen LogP contribution in [0.2, 0.25) is 0 Å². The summed E-state index contributed by atoms with van der Waals surface area (Å²) in [4.78, 5) is 8.36. The van der Waals surface area contributed by atoms with Crippen molar-refractivity contribution >= 4 is 27.5 Å². The molecule has 0 saturated heterocycles. The summed E-state index contributed by atoms with van der Waals surface area (Å²) >= 11 is 9.96. The van der Waals surface area contributed by atoms with E-state index < -0.39 is 0 Å². The molecule has 2 unspecified atom stereocenters. The Kier molecular flexibility index (Phi) is 4.22. The average Bonchev–Trinajstić information content (AvgIpc) is 3.20. The highest BCUT2D eigenvalue weighted by Crippen LogP contribution is 2.54. The number of H-pyrrole nitrogens is 1. The van der Waals surface area contributed by atoms with E-state index in [-0.39, 0.29) is 11.3 Å². The SMILES string of the molecule is CC12C=CC(Cl)=CC1c1cc(Br)ccc1-c1nc(-c3c(C#N)cccc3C#N)[nH]c12. The zero-order valence-electron chi connectivity index (χ0n) is 15.9. The Labute approximate surface area is 187 Å². The molecule has 1 heterocycles. The van der Waals surface area contributed by atoms with E-state index in [9.17, 15) is 10.5 Å². The van der Waals surface area contributed by atoms with Gasteiger partial charge in [0.2, 0.25) is 0 Å². The summed E-state index contributed by atoms with van der Waals surface area (Å²) in [6.45, 7) is 2.15. The number of halogens is 2. The molecule has 3 aromatic rings. The maximum Gasteiger partial charge on any atom is 0.140 e. The molecule has 0 spiro atoms. The van der Waals surface area contributed by atoms with Crippen LogP contribution in [-0.4, -0.2) is 9.97 Å². The van der Waals surface area contributed by atoms with E-state index in [4.69, 9.17) is 16.6 Å². The third-order valence-electron chi connectivity index (χ3n) is 5.95. The van der Waals surface area contributed by atoms with Crippen molar-refractivity contribution in [2.45, 2.75) is 18.3 Å². The van der Waals surface area contributed by atoms with Gasteiger partial charge in [-0.05, 0) is 42.8 Å². The fourth-order valence-electron chi connectivity index (χ4n) is 4.47. The molecule has 1 aromatic heterocycles. The predicted octanol–water partition coefficient (Wildman–Crippen LogP) is 6.30. The van der Waals surface area contributed by atoms with E-state index in [1.165, 1.54) is 0 Å². The second-order valence-electron chi connectivity index (χ2n) is 7.64. The quantitative estimate of drug-likeness (QED) is 0.451. The summed E-state index contributed by atoms with van der Waals surface area (Å²) in [5.74, 6) is 0.559. The van der Waals surface area contributed by atoms with Crippen LogP contribution in [0.1, 0.15) is 35.2 Å². The maximum absolute atomic E-state index is 9.62. The Morgan fingerprint density at radius 3 is 2.60 bits per heavy atom. The lowest BCUT2D eigenvalue weighted by molar-refractivity contribution is 0.505. The number of imidazole rings is 1. The first-order valence-corrected chi connectivity index (χ1v) is 10.5. The summed E-state index contributed by atoms with van der Waals surface area (Å²) in [7, 11) is 0. The van der Waals surface area contributed by atoms with Crippen LogP contribution in [0, 0.1) is 22.7 Å². The highest BCUT2D eigenvalue weighted by atomic mass is 79.9. The number of nitrogens with zero attached hydrogens (tertiary/aromatic N) is 3. The highest BCUT2D eigenvalue weighted by Gasteiger charge is 2.44. The zero-order valence-corrected chi connectivity index (χ0v) is 18.2. The Bertz CT molecular complexity index is 1340. The molecule has 0 fully saturated rings. The summed E-state index contributed by atoms with van der Waals surface area (Å²) in [6.07, 6.45) is 6.08. The minimum atomic E-state index is -0.388. The number of hydrogen-bond donors (Lipinski definition) is 1. The monoisotopic (exact) mass is 472 g/mol. The van der Waals surface area contributed by atoms with Crippen molar-refractivity contribution in [1.82, 2.24) is 9.97 Å². The fraction of sp³-hybridized carbons (Fsp3) is 0.125. The van der Waals surface area contributed by atoms with E-state index in [1.54, 1.807) is 18.2 Å². The topological polar surface area (TPSA) is 76.3 Å². The Morgan fingerprint density at radius 1 is 1.17 bits per heavy atom. The van der Waals surface area contributed by atoms with Crippen molar-refractivity contribution in [3.8, 4) is 34.8 Å². The standard InChI is InChI=1S/C24H14BrClN4/c1-24-8-7-16(26)10-19(24)18-9-15(25)5-6-17(18)21-22(24)30-23(29-21)20-13(11-27)3-2-4-14(20)12-28/h2-10,19H,1H3,(H,29,30). The van der Waals surface area contributed by atoms with Crippen molar-refractivity contribution in [3.05, 3.63) is 86.5 Å². The van der Waals surface area contributed by atoms with Crippen molar-refractivity contribution in [2.75, 3.05) is 0 Å². The number of fused-ring (bicyclic) bond motifs is 6. The van der Waals surface area contributed by atoms with Crippen molar-refractivity contribution < 1.29 is 0 Å². The minimum absolute atomic E-state index is 0.0324. The smallest absolute Gasteiger partial charge is 0.140 e. The first-order chi connectivity index (χ1) is 14.5. The van der Waals surface area contributed by atoms with Gasteiger partial charge in [-0.3, -0.25) is 0 Å². The molecule has 2 atom stereocenters. The van der Waals surface area contributed by atoms with Crippen LogP contribution in [0.3, 0.4) is 0 Å². The van der Waals surface area contributed by atoms with Crippen LogP contribution in [0.5, 0.6) is 0 Å². The number of hydrogen-bond acceptors (Lipinski definition) is 3. The lowest BCUT2D eigenvalue weighted by atomic mass is 9.64. The summed E-state index contributed by atoms with van der Waals surface area (Å²) in [5, 5.41) is 19.9. The molecule has 0 bridgehead atoms. The molecule has 0 radical (unpaired) electrons. The zero-order chi connectivity index (χ0) is 21.0. The van der Waals surface area contributed by atoms with Gasteiger partial charge in [-0.25, -0.2) is 4.98 Å². The maximum atomic E-state index is 9.62. The number of benzene rings is 2. The second kappa shape index (κ2) is 6.71. The number of allylic oxidation sites excluding steroid dienone is 4. The lowest BCUT2D eigenvalue weighted by Crippen LogP contribution is -2.33.